The zero-order chi connectivity index (χ0) is 14.2. The molecule has 0 aromatic heterocycles. The number of carbonyl (C=O) groups excluding carboxylic acids is 1. The number of hydrogen-bond donors (Lipinski definition) is 1. The van der Waals surface area contributed by atoms with Crippen LogP contribution in [-0.4, -0.2) is 11.6 Å². The standard InChI is InChI=1S/C17H30N2O/c1-2-9-16(14-10-5-3-6-11-14)18-19-17(20)15-12-7-4-8-13-15/h14-15H,2-13H2,1H3,(H,19,20)/b18-16-. The number of amides is 1. The van der Waals surface area contributed by atoms with Gasteiger partial charge in [-0.3, -0.25) is 4.79 Å². The normalized spacial score (nSPS) is 22.8. The molecule has 20 heavy (non-hydrogen) atoms. The van der Waals surface area contributed by atoms with Gasteiger partial charge in [0.1, 0.15) is 0 Å². The largest absolute Gasteiger partial charge is 0.273 e. The molecule has 3 nitrogen and oxygen atoms in total. The first-order valence-electron chi connectivity index (χ1n) is 8.67. The molecule has 0 spiro atoms. The molecule has 114 valence electrons. The van der Waals surface area contributed by atoms with Gasteiger partial charge in [0.15, 0.2) is 0 Å². The maximum Gasteiger partial charge on any atom is 0.243 e. The summed E-state index contributed by atoms with van der Waals surface area (Å²) in [7, 11) is 0. The van der Waals surface area contributed by atoms with Crippen molar-refractivity contribution in [3.05, 3.63) is 0 Å². The second-order valence-corrected chi connectivity index (χ2v) is 6.50. The Morgan fingerprint density at radius 1 is 0.950 bits per heavy atom. The van der Waals surface area contributed by atoms with Crippen LogP contribution in [0.4, 0.5) is 0 Å². The summed E-state index contributed by atoms with van der Waals surface area (Å²) in [5.41, 5.74) is 4.13. The molecule has 0 aromatic rings. The second-order valence-electron chi connectivity index (χ2n) is 6.50. The molecule has 0 unspecified atom stereocenters. The van der Waals surface area contributed by atoms with Gasteiger partial charge in [-0.25, -0.2) is 5.43 Å². The van der Waals surface area contributed by atoms with Crippen LogP contribution in [0.5, 0.6) is 0 Å². The van der Waals surface area contributed by atoms with Gasteiger partial charge in [-0.15, -0.1) is 0 Å². The maximum atomic E-state index is 12.2. The van der Waals surface area contributed by atoms with Crippen LogP contribution in [0.2, 0.25) is 0 Å². The lowest BCUT2D eigenvalue weighted by Gasteiger charge is -2.24. The van der Waals surface area contributed by atoms with Crippen LogP contribution in [0.1, 0.15) is 84.0 Å². The summed E-state index contributed by atoms with van der Waals surface area (Å²) in [4.78, 5) is 12.2. The van der Waals surface area contributed by atoms with E-state index in [1.807, 2.05) is 0 Å². The molecule has 2 aliphatic rings. The van der Waals surface area contributed by atoms with E-state index in [0.717, 1.165) is 25.7 Å². The number of nitrogens with zero attached hydrogens (tertiary/aromatic N) is 1. The zero-order valence-corrected chi connectivity index (χ0v) is 13.0. The fourth-order valence-corrected chi connectivity index (χ4v) is 3.63. The first-order chi connectivity index (χ1) is 9.81. The van der Waals surface area contributed by atoms with Crippen molar-refractivity contribution in [3.63, 3.8) is 0 Å². The smallest absolute Gasteiger partial charge is 0.243 e. The number of hydrazone groups is 1. The van der Waals surface area contributed by atoms with Crippen molar-refractivity contribution in [3.8, 4) is 0 Å². The van der Waals surface area contributed by atoms with E-state index in [4.69, 9.17) is 0 Å². The Morgan fingerprint density at radius 2 is 1.50 bits per heavy atom. The van der Waals surface area contributed by atoms with E-state index in [1.54, 1.807) is 0 Å². The lowest BCUT2D eigenvalue weighted by molar-refractivity contribution is -0.125. The van der Waals surface area contributed by atoms with Crippen LogP contribution in [0.3, 0.4) is 0 Å². The summed E-state index contributed by atoms with van der Waals surface area (Å²) in [6.07, 6.45) is 14.5. The summed E-state index contributed by atoms with van der Waals surface area (Å²) in [5.74, 6) is 0.992. The average Bonchev–Trinajstić information content (AvgIpc) is 2.53. The van der Waals surface area contributed by atoms with Crippen molar-refractivity contribution in [2.45, 2.75) is 84.0 Å². The molecule has 2 fully saturated rings. The number of nitrogens with one attached hydrogen (secondary N) is 1. The highest BCUT2D eigenvalue weighted by Gasteiger charge is 2.22. The van der Waals surface area contributed by atoms with Gasteiger partial charge >= 0.3 is 0 Å². The molecule has 2 aliphatic carbocycles. The Morgan fingerprint density at radius 3 is 2.05 bits per heavy atom. The first-order valence-corrected chi connectivity index (χ1v) is 8.67. The maximum absolute atomic E-state index is 12.2. The van der Waals surface area contributed by atoms with Crippen LogP contribution < -0.4 is 5.43 Å². The van der Waals surface area contributed by atoms with Crippen LogP contribution >= 0.6 is 0 Å². The minimum atomic E-state index is 0.161. The zero-order valence-electron chi connectivity index (χ0n) is 13.0. The van der Waals surface area contributed by atoms with E-state index in [2.05, 4.69) is 17.5 Å². The Hall–Kier alpha value is -0.860. The van der Waals surface area contributed by atoms with Crippen LogP contribution in [0.25, 0.3) is 0 Å². The topological polar surface area (TPSA) is 41.5 Å². The number of carbonyl (C=O) groups is 1. The van der Waals surface area contributed by atoms with Gasteiger partial charge in [0, 0.05) is 11.6 Å². The highest BCUT2D eigenvalue weighted by molar-refractivity contribution is 5.88. The third kappa shape index (κ3) is 4.60. The van der Waals surface area contributed by atoms with Gasteiger partial charge in [0.25, 0.3) is 0 Å². The molecule has 1 N–H and O–H groups in total. The number of rotatable bonds is 5. The molecule has 2 saturated carbocycles. The Labute approximate surface area is 123 Å². The summed E-state index contributed by atoms with van der Waals surface area (Å²) in [6.45, 7) is 2.20. The fraction of sp³-hybridized carbons (Fsp3) is 0.882. The van der Waals surface area contributed by atoms with E-state index < -0.39 is 0 Å². The first kappa shape index (κ1) is 15.5. The van der Waals surface area contributed by atoms with Crippen molar-refractivity contribution < 1.29 is 4.79 Å². The van der Waals surface area contributed by atoms with Crippen molar-refractivity contribution in [1.29, 1.82) is 0 Å². The molecule has 0 saturated heterocycles. The molecular weight excluding hydrogens is 248 g/mol. The van der Waals surface area contributed by atoms with Crippen LogP contribution in [0.15, 0.2) is 5.10 Å². The van der Waals surface area contributed by atoms with Crippen molar-refractivity contribution in [1.82, 2.24) is 5.43 Å². The van der Waals surface area contributed by atoms with E-state index >= 15 is 0 Å². The van der Waals surface area contributed by atoms with Gasteiger partial charge < -0.3 is 0 Å². The van der Waals surface area contributed by atoms with Gasteiger partial charge in [0.05, 0.1) is 0 Å². The monoisotopic (exact) mass is 278 g/mol. The van der Waals surface area contributed by atoms with E-state index in [0.29, 0.717) is 5.92 Å². The summed E-state index contributed by atoms with van der Waals surface area (Å²) in [5, 5.41) is 4.53. The average molecular weight is 278 g/mol. The molecule has 1 amide bonds. The third-order valence-corrected chi connectivity index (χ3v) is 4.87. The molecule has 0 radical (unpaired) electrons. The van der Waals surface area contributed by atoms with E-state index in [1.165, 1.54) is 57.1 Å². The van der Waals surface area contributed by atoms with E-state index in [-0.39, 0.29) is 11.8 Å². The van der Waals surface area contributed by atoms with Crippen molar-refractivity contribution in [2.75, 3.05) is 0 Å². The van der Waals surface area contributed by atoms with Gasteiger partial charge in [0.2, 0.25) is 5.91 Å². The summed E-state index contributed by atoms with van der Waals surface area (Å²) < 4.78 is 0. The van der Waals surface area contributed by atoms with Crippen LogP contribution in [-0.2, 0) is 4.79 Å². The molecular formula is C17H30N2O. The molecule has 0 bridgehead atoms. The minimum absolute atomic E-state index is 0.161. The van der Waals surface area contributed by atoms with Gasteiger partial charge in [-0.05, 0) is 38.0 Å². The molecule has 0 aromatic carbocycles. The van der Waals surface area contributed by atoms with Gasteiger partial charge in [-0.2, -0.15) is 5.10 Å². The van der Waals surface area contributed by atoms with Crippen molar-refractivity contribution >= 4 is 11.6 Å². The highest BCUT2D eigenvalue weighted by Crippen LogP contribution is 2.27. The Balaban J connectivity index is 1.88. The Bertz CT molecular complexity index is 326. The fourth-order valence-electron chi connectivity index (χ4n) is 3.63. The van der Waals surface area contributed by atoms with Crippen LogP contribution in [0, 0.1) is 11.8 Å². The predicted octanol–water partition coefficient (Wildman–Crippen LogP) is 4.42. The molecule has 0 heterocycles. The lowest BCUT2D eigenvalue weighted by Crippen LogP contribution is -2.30. The third-order valence-electron chi connectivity index (χ3n) is 4.87. The summed E-state index contributed by atoms with van der Waals surface area (Å²) >= 11 is 0. The van der Waals surface area contributed by atoms with E-state index in [9.17, 15) is 4.79 Å². The Kier molecular flexibility index (Phi) is 6.55. The predicted molar refractivity (Wildman–Crippen MR) is 83.6 cm³/mol. The molecule has 0 atom stereocenters. The summed E-state index contributed by atoms with van der Waals surface area (Å²) in [6, 6.07) is 0. The minimum Gasteiger partial charge on any atom is -0.273 e. The quantitative estimate of drug-likeness (QED) is 0.587. The molecule has 0 aliphatic heterocycles. The molecule has 2 rings (SSSR count). The lowest BCUT2D eigenvalue weighted by atomic mass is 9.84. The van der Waals surface area contributed by atoms with Gasteiger partial charge in [-0.1, -0.05) is 51.9 Å². The SMILES string of the molecule is CCC/C(=N/NC(=O)C1CCCCC1)C1CCCCC1. The van der Waals surface area contributed by atoms with Crippen molar-refractivity contribution in [2.24, 2.45) is 16.9 Å². The number of hydrogen-bond acceptors (Lipinski definition) is 2. The second kappa shape index (κ2) is 8.43. The highest BCUT2D eigenvalue weighted by atomic mass is 16.2. The molecule has 3 heteroatoms.